The Bertz CT molecular complexity index is 1020. The molecule has 0 saturated carbocycles. The average Bonchev–Trinajstić information content (AvgIpc) is 2.93. The molecule has 0 N–H and O–H groups in total. The smallest absolute Gasteiger partial charge is 0.237 e. The number of imide groups is 1. The molecule has 128 valence electrons. The first-order valence-electron chi connectivity index (χ1n) is 9.14. The quantitative estimate of drug-likeness (QED) is 0.659. The molecule has 3 aromatic rings. The van der Waals surface area contributed by atoms with Crippen molar-refractivity contribution in [2.24, 2.45) is 5.92 Å². The monoisotopic (exact) mass is 341 g/mol. The summed E-state index contributed by atoms with van der Waals surface area (Å²) >= 11 is 0. The molecule has 3 aromatic carbocycles. The SMILES string of the molecule is O=C1[C@H]2CCc3ccc4ccccc4c3[C@H]2C(=O)N1Cc1ccccc1. The zero-order valence-electron chi connectivity index (χ0n) is 14.4. The number of hydrogen-bond acceptors (Lipinski definition) is 2. The normalized spacial score (nSPS) is 21.8. The van der Waals surface area contributed by atoms with Crippen LogP contribution in [0.1, 0.15) is 29.0 Å². The zero-order valence-corrected chi connectivity index (χ0v) is 14.4. The molecule has 0 spiro atoms. The predicted octanol–water partition coefficient (Wildman–Crippen LogP) is 4.05. The van der Waals surface area contributed by atoms with Gasteiger partial charge in [0, 0.05) is 0 Å². The first-order chi connectivity index (χ1) is 12.7. The van der Waals surface area contributed by atoms with E-state index in [2.05, 4.69) is 24.3 Å². The molecule has 0 radical (unpaired) electrons. The molecule has 1 aliphatic heterocycles. The number of rotatable bonds is 2. The number of hydrogen-bond donors (Lipinski definition) is 0. The van der Waals surface area contributed by atoms with E-state index in [1.165, 1.54) is 10.5 Å². The average molecular weight is 341 g/mol. The number of aryl methyl sites for hydroxylation is 1. The highest BCUT2D eigenvalue weighted by molar-refractivity contribution is 6.10. The van der Waals surface area contributed by atoms with Gasteiger partial charge < -0.3 is 0 Å². The van der Waals surface area contributed by atoms with E-state index in [1.807, 2.05) is 42.5 Å². The summed E-state index contributed by atoms with van der Waals surface area (Å²) in [6, 6.07) is 22.2. The summed E-state index contributed by atoms with van der Waals surface area (Å²) in [7, 11) is 0. The summed E-state index contributed by atoms with van der Waals surface area (Å²) in [5.41, 5.74) is 3.28. The van der Waals surface area contributed by atoms with Gasteiger partial charge in [-0.3, -0.25) is 14.5 Å². The van der Waals surface area contributed by atoms with E-state index in [1.54, 1.807) is 0 Å². The molecule has 3 heteroatoms. The number of carbonyl (C=O) groups excluding carboxylic acids is 2. The van der Waals surface area contributed by atoms with Gasteiger partial charge >= 0.3 is 0 Å². The Hall–Kier alpha value is -2.94. The second-order valence-corrected chi connectivity index (χ2v) is 7.23. The third-order valence-electron chi connectivity index (χ3n) is 5.80. The lowest BCUT2D eigenvalue weighted by Gasteiger charge is -2.26. The molecule has 2 atom stereocenters. The fourth-order valence-corrected chi connectivity index (χ4v) is 4.57. The maximum atomic E-state index is 13.3. The van der Waals surface area contributed by atoms with Gasteiger partial charge in [0.15, 0.2) is 0 Å². The first-order valence-corrected chi connectivity index (χ1v) is 9.14. The predicted molar refractivity (Wildman–Crippen MR) is 100 cm³/mol. The molecule has 0 aromatic heterocycles. The molecule has 26 heavy (non-hydrogen) atoms. The van der Waals surface area contributed by atoms with Crippen LogP contribution in [-0.4, -0.2) is 16.7 Å². The Kier molecular flexibility index (Phi) is 3.42. The molecular weight excluding hydrogens is 322 g/mol. The first kappa shape index (κ1) is 15.3. The molecule has 5 rings (SSSR count). The van der Waals surface area contributed by atoms with Crippen LogP contribution >= 0.6 is 0 Å². The Morgan fingerprint density at radius 1 is 0.846 bits per heavy atom. The maximum absolute atomic E-state index is 13.3. The fourth-order valence-electron chi connectivity index (χ4n) is 4.57. The largest absolute Gasteiger partial charge is 0.277 e. The number of carbonyl (C=O) groups is 2. The van der Waals surface area contributed by atoms with Crippen molar-refractivity contribution in [3.63, 3.8) is 0 Å². The maximum Gasteiger partial charge on any atom is 0.237 e. The minimum Gasteiger partial charge on any atom is -0.277 e. The summed E-state index contributed by atoms with van der Waals surface area (Å²) in [5.74, 6) is -0.603. The van der Waals surface area contributed by atoms with Crippen LogP contribution in [0.15, 0.2) is 66.7 Å². The Labute approximate surface area is 152 Å². The van der Waals surface area contributed by atoms with Crippen LogP contribution in [0.3, 0.4) is 0 Å². The van der Waals surface area contributed by atoms with Gasteiger partial charge in [-0.15, -0.1) is 0 Å². The minimum absolute atomic E-state index is 0.0116. The van der Waals surface area contributed by atoms with Crippen LogP contribution in [0, 0.1) is 5.92 Å². The van der Waals surface area contributed by atoms with Crippen molar-refractivity contribution in [3.05, 3.63) is 83.4 Å². The van der Waals surface area contributed by atoms with Crippen molar-refractivity contribution < 1.29 is 9.59 Å². The number of fused-ring (bicyclic) bond motifs is 5. The van der Waals surface area contributed by atoms with E-state index < -0.39 is 0 Å². The third-order valence-corrected chi connectivity index (χ3v) is 5.80. The summed E-state index contributed by atoms with van der Waals surface area (Å²) in [5, 5.41) is 2.25. The third kappa shape index (κ3) is 2.20. The molecular formula is C23H19NO2. The van der Waals surface area contributed by atoms with Crippen molar-refractivity contribution in [1.29, 1.82) is 0 Å². The molecule has 1 saturated heterocycles. The number of nitrogens with zero attached hydrogens (tertiary/aromatic N) is 1. The van der Waals surface area contributed by atoms with Gasteiger partial charge in [-0.2, -0.15) is 0 Å². The summed E-state index contributed by atoms with van der Waals surface area (Å²) in [6.45, 7) is 0.367. The highest BCUT2D eigenvalue weighted by atomic mass is 16.2. The number of likely N-dealkylation sites (tertiary alicyclic amines) is 1. The summed E-state index contributed by atoms with van der Waals surface area (Å²) < 4.78 is 0. The second kappa shape index (κ2) is 5.80. The molecule has 1 aliphatic carbocycles. The van der Waals surface area contributed by atoms with Crippen molar-refractivity contribution in [2.75, 3.05) is 0 Å². The second-order valence-electron chi connectivity index (χ2n) is 7.23. The van der Waals surface area contributed by atoms with E-state index in [0.29, 0.717) is 6.54 Å². The van der Waals surface area contributed by atoms with Crippen molar-refractivity contribution in [2.45, 2.75) is 25.3 Å². The van der Waals surface area contributed by atoms with Gasteiger partial charge in [-0.25, -0.2) is 0 Å². The van der Waals surface area contributed by atoms with Gasteiger partial charge in [0.05, 0.1) is 18.4 Å². The molecule has 1 heterocycles. The summed E-state index contributed by atoms with van der Waals surface area (Å²) in [6.07, 6.45) is 1.62. The molecule has 2 amide bonds. The lowest BCUT2D eigenvalue weighted by Crippen LogP contribution is -2.30. The van der Waals surface area contributed by atoms with Gasteiger partial charge in [0.2, 0.25) is 11.8 Å². The molecule has 0 bridgehead atoms. The lowest BCUT2D eigenvalue weighted by molar-refractivity contribution is -0.140. The van der Waals surface area contributed by atoms with Gasteiger partial charge in [0.1, 0.15) is 0 Å². The van der Waals surface area contributed by atoms with E-state index in [0.717, 1.165) is 34.7 Å². The van der Waals surface area contributed by atoms with Crippen LogP contribution in [0.25, 0.3) is 10.8 Å². The molecule has 2 aliphatic rings. The van der Waals surface area contributed by atoms with E-state index in [-0.39, 0.29) is 23.7 Å². The van der Waals surface area contributed by atoms with E-state index in [4.69, 9.17) is 0 Å². The van der Waals surface area contributed by atoms with Crippen molar-refractivity contribution >= 4 is 22.6 Å². The zero-order chi connectivity index (χ0) is 17.7. The van der Waals surface area contributed by atoms with E-state index >= 15 is 0 Å². The molecule has 1 fully saturated rings. The van der Waals surface area contributed by atoms with E-state index in [9.17, 15) is 9.59 Å². The van der Waals surface area contributed by atoms with Crippen LogP contribution in [0.4, 0.5) is 0 Å². The fraction of sp³-hybridized carbons (Fsp3) is 0.217. The number of amides is 2. The number of benzene rings is 3. The van der Waals surface area contributed by atoms with Gasteiger partial charge in [-0.1, -0.05) is 66.7 Å². The highest BCUT2D eigenvalue weighted by Crippen LogP contribution is 2.46. The van der Waals surface area contributed by atoms with Gasteiger partial charge in [0.25, 0.3) is 0 Å². The van der Waals surface area contributed by atoms with Crippen molar-refractivity contribution in [1.82, 2.24) is 4.90 Å². The van der Waals surface area contributed by atoms with Crippen LogP contribution in [0.2, 0.25) is 0 Å². The van der Waals surface area contributed by atoms with Crippen LogP contribution in [0.5, 0.6) is 0 Å². The lowest BCUT2D eigenvalue weighted by atomic mass is 9.74. The molecule has 0 unspecified atom stereocenters. The Balaban J connectivity index is 1.60. The Morgan fingerprint density at radius 3 is 2.46 bits per heavy atom. The highest BCUT2D eigenvalue weighted by Gasteiger charge is 2.50. The van der Waals surface area contributed by atoms with Gasteiger partial charge in [-0.05, 0) is 40.3 Å². The Morgan fingerprint density at radius 2 is 1.62 bits per heavy atom. The molecule has 3 nitrogen and oxygen atoms in total. The van der Waals surface area contributed by atoms with Crippen molar-refractivity contribution in [3.8, 4) is 0 Å². The van der Waals surface area contributed by atoms with Crippen LogP contribution in [-0.2, 0) is 22.6 Å². The summed E-state index contributed by atoms with van der Waals surface area (Å²) in [4.78, 5) is 27.7. The van der Waals surface area contributed by atoms with Crippen LogP contribution < -0.4 is 0 Å². The topological polar surface area (TPSA) is 37.4 Å². The standard InChI is InChI=1S/C23H19NO2/c25-22-19-13-12-17-11-10-16-8-4-5-9-18(16)20(17)21(19)23(26)24(22)14-15-6-2-1-3-7-15/h1-11,19,21H,12-14H2/t19-,21-/m0/s1. The minimum atomic E-state index is -0.332.